The standard InChI is InChI=1S/C12H15F3N2/c1-17(2)10-6-7-16-11-8(10)4-3-5-9(11)12(13,14)15/h3-5,10,16H,6-7H2,1-2H3. The van der Waals surface area contributed by atoms with Crippen LogP contribution in [0.15, 0.2) is 18.2 Å². The Kier molecular flexibility index (Phi) is 3.03. The van der Waals surface area contributed by atoms with Crippen LogP contribution in [0.1, 0.15) is 23.6 Å². The third-order valence-electron chi connectivity index (χ3n) is 3.10. The summed E-state index contributed by atoms with van der Waals surface area (Å²) in [5.41, 5.74) is 0.405. The van der Waals surface area contributed by atoms with Gasteiger partial charge in [-0.2, -0.15) is 13.2 Å². The van der Waals surface area contributed by atoms with Crippen molar-refractivity contribution in [3.8, 4) is 0 Å². The fourth-order valence-electron chi connectivity index (χ4n) is 2.31. The molecular weight excluding hydrogens is 229 g/mol. The van der Waals surface area contributed by atoms with Gasteiger partial charge in [0, 0.05) is 12.6 Å². The lowest BCUT2D eigenvalue weighted by atomic mass is 9.94. The number of hydrogen-bond acceptors (Lipinski definition) is 2. The molecule has 0 spiro atoms. The number of halogens is 3. The normalized spacial score (nSPS) is 20.0. The number of anilines is 1. The molecule has 5 heteroatoms. The van der Waals surface area contributed by atoms with E-state index in [-0.39, 0.29) is 11.7 Å². The van der Waals surface area contributed by atoms with Crippen LogP contribution >= 0.6 is 0 Å². The first-order valence-electron chi connectivity index (χ1n) is 5.51. The molecular formula is C12H15F3N2. The molecule has 0 amide bonds. The van der Waals surface area contributed by atoms with E-state index in [9.17, 15) is 13.2 Å². The van der Waals surface area contributed by atoms with E-state index in [1.807, 2.05) is 19.0 Å². The molecule has 0 bridgehead atoms. The minimum atomic E-state index is -4.30. The third-order valence-corrected chi connectivity index (χ3v) is 3.10. The smallest absolute Gasteiger partial charge is 0.384 e. The Hall–Kier alpha value is -1.23. The average Bonchev–Trinajstić information content (AvgIpc) is 2.26. The van der Waals surface area contributed by atoms with Gasteiger partial charge < -0.3 is 10.2 Å². The molecule has 1 aliphatic heterocycles. The highest BCUT2D eigenvalue weighted by atomic mass is 19.4. The lowest BCUT2D eigenvalue weighted by Crippen LogP contribution is -2.29. The molecule has 94 valence electrons. The minimum Gasteiger partial charge on any atom is -0.384 e. The van der Waals surface area contributed by atoms with Crippen molar-refractivity contribution in [2.24, 2.45) is 0 Å². The summed E-state index contributed by atoms with van der Waals surface area (Å²) >= 11 is 0. The maximum absolute atomic E-state index is 12.9. The Morgan fingerprint density at radius 2 is 2.00 bits per heavy atom. The first-order chi connectivity index (χ1) is 7.91. The van der Waals surface area contributed by atoms with Crippen LogP contribution in [0.3, 0.4) is 0 Å². The van der Waals surface area contributed by atoms with Crippen LogP contribution in [0.25, 0.3) is 0 Å². The van der Waals surface area contributed by atoms with Gasteiger partial charge in [-0.3, -0.25) is 0 Å². The summed E-state index contributed by atoms with van der Waals surface area (Å²) in [5, 5.41) is 2.88. The molecule has 1 heterocycles. The molecule has 1 aromatic carbocycles. The van der Waals surface area contributed by atoms with Crippen molar-refractivity contribution in [1.82, 2.24) is 4.90 Å². The van der Waals surface area contributed by atoms with E-state index in [0.717, 1.165) is 18.1 Å². The number of nitrogens with zero attached hydrogens (tertiary/aromatic N) is 1. The van der Waals surface area contributed by atoms with Crippen molar-refractivity contribution in [3.63, 3.8) is 0 Å². The van der Waals surface area contributed by atoms with E-state index in [1.165, 1.54) is 6.07 Å². The lowest BCUT2D eigenvalue weighted by Gasteiger charge is -2.33. The second kappa shape index (κ2) is 4.22. The highest BCUT2D eigenvalue weighted by Gasteiger charge is 2.36. The Bertz CT molecular complexity index is 413. The highest BCUT2D eigenvalue weighted by molar-refractivity contribution is 5.61. The quantitative estimate of drug-likeness (QED) is 0.816. The molecule has 0 saturated heterocycles. The molecule has 17 heavy (non-hydrogen) atoms. The molecule has 1 unspecified atom stereocenters. The maximum Gasteiger partial charge on any atom is 0.418 e. The molecule has 2 rings (SSSR count). The van der Waals surface area contributed by atoms with Gasteiger partial charge in [0.15, 0.2) is 0 Å². The van der Waals surface area contributed by atoms with Crippen LogP contribution in [0.5, 0.6) is 0 Å². The number of rotatable bonds is 1. The van der Waals surface area contributed by atoms with Gasteiger partial charge in [-0.25, -0.2) is 0 Å². The Morgan fingerprint density at radius 3 is 2.59 bits per heavy atom. The first kappa shape index (κ1) is 12.2. The summed E-state index contributed by atoms with van der Waals surface area (Å²) in [7, 11) is 3.78. The van der Waals surface area contributed by atoms with E-state index in [0.29, 0.717) is 6.54 Å². The molecule has 0 fully saturated rings. The van der Waals surface area contributed by atoms with E-state index in [1.54, 1.807) is 6.07 Å². The third kappa shape index (κ3) is 2.24. The summed E-state index contributed by atoms with van der Waals surface area (Å²) in [4.78, 5) is 1.96. The topological polar surface area (TPSA) is 15.3 Å². The summed E-state index contributed by atoms with van der Waals surface area (Å²) in [5.74, 6) is 0. The van der Waals surface area contributed by atoms with Crippen LogP contribution in [0, 0.1) is 0 Å². The van der Waals surface area contributed by atoms with Gasteiger partial charge in [-0.15, -0.1) is 0 Å². The molecule has 1 aliphatic rings. The van der Waals surface area contributed by atoms with E-state index >= 15 is 0 Å². The predicted molar refractivity (Wildman–Crippen MR) is 61.0 cm³/mol. The Labute approximate surface area is 98.4 Å². The van der Waals surface area contributed by atoms with Gasteiger partial charge in [0.05, 0.1) is 11.3 Å². The van der Waals surface area contributed by atoms with Crippen LogP contribution in [-0.4, -0.2) is 25.5 Å². The summed E-state index contributed by atoms with van der Waals surface area (Å²) in [6.07, 6.45) is -3.48. The predicted octanol–water partition coefficient (Wildman–Crippen LogP) is 3.12. The number of para-hydroxylation sites is 1. The van der Waals surface area contributed by atoms with E-state index < -0.39 is 11.7 Å². The molecule has 1 atom stereocenters. The van der Waals surface area contributed by atoms with Gasteiger partial charge in [-0.1, -0.05) is 12.1 Å². The molecule has 1 aromatic rings. The summed E-state index contributed by atoms with van der Waals surface area (Å²) in [6.45, 7) is 0.572. The SMILES string of the molecule is CN(C)C1CCNc2c1cccc2C(F)(F)F. The van der Waals surface area contributed by atoms with Gasteiger partial charge in [-0.05, 0) is 32.1 Å². The number of nitrogens with one attached hydrogen (secondary N) is 1. The average molecular weight is 244 g/mol. The van der Waals surface area contributed by atoms with Crippen LogP contribution in [0.4, 0.5) is 18.9 Å². The number of fused-ring (bicyclic) bond motifs is 1. The van der Waals surface area contributed by atoms with Gasteiger partial charge in [0.25, 0.3) is 0 Å². The van der Waals surface area contributed by atoms with E-state index in [4.69, 9.17) is 0 Å². The highest BCUT2D eigenvalue weighted by Crippen LogP contribution is 2.41. The Morgan fingerprint density at radius 1 is 1.29 bits per heavy atom. The zero-order chi connectivity index (χ0) is 12.6. The maximum atomic E-state index is 12.9. The fourth-order valence-corrected chi connectivity index (χ4v) is 2.31. The van der Waals surface area contributed by atoms with Crippen molar-refractivity contribution >= 4 is 5.69 Å². The van der Waals surface area contributed by atoms with Gasteiger partial charge >= 0.3 is 6.18 Å². The zero-order valence-electron chi connectivity index (χ0n) is 9.80. The van der Waals surface area contributed by atoms with Crippen molar-refractivity contribution in [2.75, 3.05) is 26.0 Å². The fraction of sp³-hybridized carbons (Fsp3) is 0.500. The monoisotopic (exact) mass is 244 g/mol. The Balaban J connectivity index is 2.51. The van der Waals surface area contributed by atoms with Crippen molar-refractivity contribution in [1.29, 1.82) is 0 Å². The first-order valence-corrected chi connectivity index (χ1v) is 5.51. The van der Waals surface area contributed by atoms with Crippen LogP contribution < -0.4 is 5.32 Å². The second-order valence-electron chi connectivity index (χ2n) is 4.46. The van der Waals surface area contributed by atoms with Crippen LogP contribution in [0.2, 0.25) is 0 Å². The largest absolute Gasteiger partial charge is 0.418 e. The molecule has 0 aromatic heterocycles. The zero-order valence-corrected chi connectivity index (χ0v) is 9.80. The van der Waals surface area contributed by atoms with Gasteiger partial charge in [0.1, 0.15) is 0 Å². The van der Waals surface area contributed by atoms with Crippen molar-refractivity contribution in [2.45, 2.75) is 18.6 Å². The molecule has 0 saturated carbocycles. The molecule has 2 nitrogen and oxygen atoms in total. The second-order valence-corrected chi connectivity index (χ2v) is 4.46. The summed E-state index contributed by atoms with van der Waals surface area (Å²) < 4.78 is 38.6. The van der Waals surface area contributed by atoms with E-state index in [2.05, 4.69) is 5.32 Å². The van der Waals surface area contributed by atoms with Gasteiger partial charge in [0.2, 0.25) is 0 Å². The number of alkyl halides is 3. The molecule has 1 N–H and O–H groups in total. The minimum absolute atomic E-state index is 0.0496. The lowest BCUT2D eigenvalue weighted by molar-refractivity contribution is -0.137. The number of hydrogen-bond donors (Lipinski definition) is 1. The molecule has 0 radical (unpaired) electrons. The number of benzene rings is 1. The van der Waals surface area contributed by atoms with Crippen molar-refractivity contribution < 1.29 is 13.2 Å². The summed E-state index contributed by atoms with van der Waals surface area (Å²) in [6, 6.07) is 4.42. The van der Waals surface area contributed by atoms with Crippen molar-refractivity contribution in [3.05, 3.63) is 29.3 Å². The van der Waals surface area contributed by atoms with Crippen LogP contribution in [-0.2, 0) is 6.18 Å². The molecule has 0 aliphatic carbocycles.